The van der Waals surface area contributed by atoms with Crippen LogP contribution < -0.4 is 4.74 Å². The lowest BCUT2D eigenvalue weighted by atomic mass is 9.95. The summed E-state index contributed by atoms with van der Waals surface area (Å²) in [5.74, 6) is 1.71. The molecule has 0 spiro atoms. The Labute approximate surface area is 120 Å². The second-order valence-electron chi connectivity index (χ2n) is 5.44. The first kappa shape index (κ1) is 13.0. The van der Waals surface area contributed by atoms with Crippen molar-refractivity contribution < 1.29 is 4.74 Å². The second-order valence-corrected chi connectivity index (χ2v) is 5.44. The summed E-state index contributed by atoms with van der Waals surface area (Å²) in [4.78, 5) is 0. The van der Waals surface area contributed by atoms with Gasteiger partial charge in [0.1, 0.15) is 5.75 Å². The SMILES string of the molecule is COc1ccc(-c2ccc(CC3CC=CC3)cc2)cc1. The minimum absolute atomic E-state index is 0.807. The maximum Gasteiger partial charge on any atom is 0.118 e. The largest absolute Gasteiger partial charge is 0.497 e. The number of rotatable bonds is 4. The first-order valence-corrected chi connectivity index (χ1v) is 7.23. The van der Waals surface area contributed by atoms with Crippen molar-refractivity contribution in [1.82, 2.24) is 0 Å². The van der Waals surface area contributed by atoms with Gasteiger partial charge in [0, 0.05) is 0 Å². The summed E-state index contributed by atoms with van der Waals surface area (Å²) in [7, 11) is 1.70. The van der Waals surface area contributed by atoms with Crippen molar-refractivity contribution in [3.63, 3.8) is 0 Å². The van der Waals surface area contributed by atoms with Gasteiger partial charge in [0.25, 0.3) is 0 Å². The first-order valence-electron chi connectivity index (χ1n) is 7.23. The van der Waals surface area contributed by atoms with Crippen molar-refractivity contribution in [3.8, 4) is 16.9 Å². The fourth-order valence-corrected chi connectivity index (χ4v) is 2.79. The van der Waals surface area contributed by atoms with Crippen molar-refractivity contribution in [1.29, 1.82) is 0 Å². The standard InChI is InChI=1S/C19H20O/c1-20-19-12-10-18(11-13-19)17-8-6-16(7-9-17)14-15-4-2-3-5-15/h2-3,6-13,15H,4-5,14H2,1H3. The first-order chi connectivity index (χ1) is 9.85. The molecule has 102 valence electrons. The highest BCUT2D eigenvalue weighted by atomic mass is 16.5. The monoisotopic (exact) mass is 264 g/mol. The van der Waals surface area contributed by atoms with Crippen LogP contribution in [0.3, 0.4) is 0 Å². The van der Waals surface area contributed by atoms with E-state index in [0.717, 1.165) is 11.7 Å². The number of allylic oxidation sites excluding steroid dienone is 2. The van der Waals surface area contributed by atoms with Gasteiger partial charge in [-0.15, -0.1) is 0 Å². The van der Waals surface area contributed by atoms with Crippen LogP contribution in [0.25, 0.3) is 11.1 Å². The number of hydrogen-bond donors (Lipinski definition) is 0. The third-order valence-corrected chi connectivity index (χ3v) is 4.01. The Hall–Kier alpha value is -2.02. The molecule has 0 amide bonds. The Kier molecular flexibility index (Phi) is 3.87. The highest BCUT2D eigenvalue weighted by molar-refractivity contribution is 5.64. The van der Waals surface area contributed by atoms with Gasteiger partial charge in [-0.1, -0.05) is 48.6 Å². The lowest BCUT2D eigenvalue weighted by Gasteiger charge is -2.10. The minimum Gasteiger partial charge on any atom is -0.497 e. The maximum absolute atomic E-state index is 5.19. The zero-order valence-corrected chi connectivity index (χ0v) is 11.9. The third-order valence-electron chi connectivity index (χ3n) is 4.01. The molecular formula is C19H20O. The van der Waals surface area contributed by atoms with E-state index in [1.165, 1.54) is 36.0 Å². The molecule has 0 saturated heterocycles. The van der Waals surface area contributed by atoms with Crippen molar-refractivity contribution in [2.75, 3.05) is 7.11 Å². The molecule has 20 heavy (non-hydrogen) atoms. The number of benzene rings is 2. The molecule has 3 rings (SSSR count). The van der Waals surface area contributed by atoms with Crippen molar-refractivity contribution in [3.05, 3.63) is 66.2 Å². The van der Waals surface area contributed by atoms with Crippen LogP contribution in [0.4, 0.5) is 0 Å². The molecule has 0 aromatic heterocycles. The number of ether oxygens (including phenoxy) is 1. The van der Waals surface area contributed by atoms with Crippen LogP contribution in [0.5, 0.6) is 5.75 Å². The van der Waals surface area contributed by atoms with Crippen molar-refractivity contribution >= 4 is 0 Å². The molecule has 0 radical (unpaired) electrons. The Morgan fingerprint density at radius 1 is 0.850 bits per heavy atom. The van der Waals surface area contributed by atoms with Crippen LogP contribution in [-0.4, -0.2) is 7.11 Å². The molecule has 0 N–H and O–H groups in total. The van der Waals surface area contributed by atoms with Crippen LogP contribution in [-0.2, 0) is 6.42 Å². The van der Waals surface area contributed by atoms with Crippen LogP contribution >= 0.6 is 0 Å². The molecule has 2 aromatic rings. The highest BCUT2D eigenvalue weighted by Gasteiger charge is 2.10. The predicted octanol–water partition coefficient (Wildman–Crippen LogP) is 4.87. The van der Waals surface area contributed by atoms with Gasteiger partial charge < -0.3 is 4.74 Å². The molecule has 2 aromatic carbocycles. The lowest BCUT2D eigenvalue weighted by Crippen LogP contribution is -1.98. The molecule has 0 aliphatic heterocycles. The summed E-state index contributed by atoms with van der Waals surface area (Å²) in [5.41, 5.74) is 3.94. The zero-order chi connectivity index (χ0) is 13.8. The van der Waals surface area contributed by atoms with E-state index in [4.69, 9.17) is 4.74 Å². The fourth-order valence-electron chi connectivity index (χ4n) is 2.79. The van der Waals surface area contributed by atoms with Crippen LogP contribution in [0.1, 0.15) is 18.4 Å². The van der Waals surface area contributed by atoms with Crippen LogP contribution in [0.2, 0.25) is 0 Å². The summed E-state index contributed by atoms with van der Waals surface area (Å²) >= 11 is 0. The molecule has 0 bridgehead atoms. The van der Waals surface area contributed by atoms with E-state index in [0.29, 0.717) is 0 Å². The van der Waals surface area contributed by atoms with Crippen molar-refractivity contribution in [2.45, 2.75) is 19.3 Å². The maximum atomic E-state index is 5.19. The smallest absolute Gasteiger partial charge is 0.118 e. The van der Waals surface area contributed by atoms with Gasteiger partial charge in [-0.3, -0.25) is 0 Å². The molecule has 0 atom stereocenters. The van der Waals surface area contributed by atoms with E-state index in [2.05, 4.69) is 48.6 Å². The highest BCUT2D eigenvalue weighted by Crippen LogP contribution is 2.25. The molecule has 1 aliphatic carbocycles. The average molecular weight is 264 g/mol. The van der Waals surface area contributed by atoms with Gasteiger partial charge in [-0.25, -0.2) is 0 Å². The normalized spacial score (nSPS) is 14.7. The van der Waals surface area contributed by atoms with Gasteiger partial charge >= 0.3 is 0 Å². The Morgan fingerprint density at radius 3 is 1.95 bits per heavy atom. The zero-order valence-electron chi connectivity index (χ0n) is 11.9. The molecule has 0 unspecified atom stereocenters. The summed E-state index contributed by atoms with van der Waals surface area (Å²) in [6, 6.07) is 17.2. The van der Waals surface area contributed by atoms with Crippen LogP contribution in [0.15, 0.2) is 60.7 Å². The second kappa shape index (κ2) is 5.96. The quantitative estimate of drug-likeness (QED) is 0.716. The van der Waals surface area contributed by atoms with Gasteiger partial charge in [0.2, 0.25) is 0 Å². The van der Waals surface area contributed by atoms with E-state index >= 15 is 0 Å². The summed E-state index contributed by atoms with van der Waals surface area (Å²) in [6.07, 6.45) is 8.27. The fraction of sp³-hybridized carbons (Fsp3) is 0.263. The van der Waals surface area contributed by atoms with E-state index in [-0.39, 0.29) is 0 Å². The topological polar surface area (TPSA) is 9.23 Å². The van der Waals surface area contributed by atoms with Gasteiger partial charge in [0.05, 0.1) is 7.11 Å². The molecule has 1 heteroatoms. The van der Waals surface area contributed by atoms with Gasteiger partial charge in [-0.05, 0) is 54.0 Å². The average Bonchev–Trinajstić information content (AvgIpc) is 3.01. The molecule has 1 nitrogen and oxygen atoms in total. The van der Waals surface area contributed by atoms with Gasteiger partial charge in [0.15, 0.2) is 0 Å². The van der Waals surface area contributed by atoms with E-state index in [9.17, 15) is 0 Å². The molecular weight excluding hydrogens is 244 g/mol. The van der Waals surface area contributed by atoms with E-state index in [1.54, 1.807) is 7.11 Å². The predicted molar refractivity (Wildman–Crippen MR) is 84.0 cm³/mol. The Morgan fingerprint density at radius 2 is 1.40 bits per heavy atom. The van der Waals surface area contributed by atoms with E-state index in [1.807, 2.05) is 12.1 Å². The van der Waals surface area contributed by atoms with Gasteiger partial charge in [-0.2, -0.15) is 0 Å². The number of methoxy groups -OCH3 is 1. The van der Waals surface area contributed by atoms with Crippen LogP contribution in [0, 0.1) is 5.92 Å². The lowest BCUT2D eigenvalue weighted by molar-refractivity contribution is 0.415. The molecule has 0 heterocycles. The molecule has 1 aliphatic rings. The molecule has 0 saturated carbocycles. The Balaban J connectivity index is 1.71. The minimum atomic E-state index is 0.807. The molecule has 0 fully saturated rings. The number of hydrogen-bond acceptors (Lipinski definition) is 1. The summed E-state index contributed by atoms with van der Waals surface area (Å²) in [5, 5.41) is 0. The third kappa shape index (κ3) is 2.93. The van der Waals surface area contributed by atoms with Crippen molar-refractivity contribution in [2.24, 2.45) is 5.92 Å². The Bertz CT molecular complexity index is 570. The summed E-state index contributed by atoms with van der Waals surface area (Å²) < 4.78 is 5.19. The van der Waals surface area contributed by atoms with E-state index < -0.39 is 0 Å². The summed E-state index contributed by atoms with van der Waals surface area (Å²) in [6.45, 7) is 0.